The Kier molecular flexibility index (Phi) is 3.79. The fourth-order valence-electron chi connectivity index (χ4n) is 2.09. The summed E-state index contributed by atoms with van der Waals surface area (Å²) < 4.78 is 0. The molecule has 0 aliphatic carbocycles. The number of hydrogen-bond acceptors (Lipinski definition) is 5. The lowest BCUT2D eigenvalue weighted by atomic mass is 10.2. The zero-order valence-electron chi connectivity index (χ0n) is 10.6. The Bertz CT molecular complexity index is 430. The summed E-state index contributed by atoms with van der Waals surface area (Å²) in [4.78, 5) is 49.3. The SMILES string of the molecule is CC1C(=O)NC(=O)CN1C(=O)C(=O)N1CCNCC1. The summed E-state index contributed by atoms with van der Waals surface area (Å²) in [6.07, 6.45) is 0. The van der Waals surface area contributed by atoms with E-state index < -0.39 is 29.7 Å². The lowest BCUT2D eigenvalue weighted by Crippen LogP contribution is -2.62. The van der Waals surface area contributed by atoms with Crippen LogP contribution in [0.5, 0.6) is 0 Å². The summed E-state index contributed by atoms with van der Waals surface area (Å²) in [5.74, 6) is -2.57. The van der Waals surface area contributed by atoms with Crippen molar-refractivity contribution in [3.63, 3.8) is 0 Å². The smallest absolute Gasteiger partial charge is 0.313 e. The Hall–Kier alpha value is -1.96. The fraction of sp³-hybridized carbons (Fsp3) is 0.636. The number of rotatable bonds is 0. The highest BCUT2D eigenvalue weighted by Crippen LogP contribution is 2.07. The van der Waals surface area contributed by atoms with Gasteiger partial charge in [0.25, 0.3) is 0 Å². The van der Waals surface area contributed by atoms with E-state index in [2.05, 4.69) is 10.6 Å². The van der Waals surface area contributed by atoms with E-state index in [0.29, 0.717) is 26.2 Å². The van der Waals surface area contributed by atoms with Gasteiger partial charge in [-0.1, -0.05) is 0 Å². The molecule has 0 saturated carbocycles. The predicted molar refractivity (Wildman–Crippen MR) is 63.8 cm³/mol. The Labute approximate surface area is 110 Å². The zero-order chi connectivity index (χ0) is 14.0. The zero-order valence-corrected chi connectivity index (χ0v) is 10.6. The van der Waals surface area contributed by atoms with Crippen LogP contribution in [0.3, 0.4) is 0 Å². The van der Waals surface area contributed by atoms with E-state index in [0.717, 1.165) is 4.90 Å². The van der Waals surface area contributed by atoms with E-state index in [-0.39, 0.29) is 6.54 Å². The molecule has 0 aromatic rings. The highest BCUT2D eigenvalue weighted by Gasteiger charge is 2.38. The molecule has 1 unspecified atom stereocenters. The Balaban J connectivity index is 2.07. The molecule has 104 valence electrons. The van der Waals surface area contributed by atoms with Crippen molar-refractivity contribution in [2.45, 2.75) is 13.0 Å². The van der Waals surface area contributed by atoms with Crippen LogP contribution in [0, 0.1) is 0 Å². The van der Waals surface area contributed by atoms with Crippen LogP contribution in [-0.4, -0.2) is 72.2 Å². The molecule has 2 fully saturated rings. The summed E-state index contributed by atoms with van der Waals surface area (Å²) >= 11 is 0. The largest absolute Gasteiger partial charge is 0.332 e. The highest BCUT2D eigenvalue weighted by atomic mass is 16.2. The first kappa shape index (κ1) is 13.5. The van der Waals surface area contributed by atoms with Crippen LogP contribution in [0.25, 0.3) is 0 Å². The maximum atomic E-state index is 12.1. The van der Waals surface area contributed by atoms with Gasteiger partial charge in [-0.3, -0.25) is 24.5 Å². The molecule has 2 aliphatic heterocycles. The second-order valence-electron chi connectivity index (χ2n) is 4.56. The number of nitrogens with zero attached hydrogens (tertiary/aromatic N) is 2. The molecule has 19 heavy (non-hydrogen) atoms. The van der Waals surface area contributed by atoms with Gasteiger partial charge in [0.05, 0.1) is 0 Å². The normalized spacial score (nSPS) is 24.2. The molecule has 0 radical (unpaired) electrons. The number of carbonyl (C=O) groups is 4. The highest BCUT2D eigenvalue weighted by molar-refractivity contribution is 6.36. The van der Waals surface area contributed by atoms with E-state index in [1.54, 1.807) is 0 Å². The van der Waals surface area contributed by atoms with Gasteiger partial charge in [0.15, 0.2) is 0 Å². The van der Waals surface area contributed by atoms with Crippen molar-refractivity contribution >= 4 is 23.6 Å². The standard InChI is InChI=1S/C11H16N4O4/c1-7-9(17)13-8(16)6-15(7)11(19)10(18)14-4-2-12-3-5-14/h7,12H,2-6H2,1H3,(H,13,16,17). The third-order valence-corrected chi connectivity index (χ3v) is 3.27. The third kappa shape index (κ3) is 2.73. The van der Waals surface area contributed by atoms with Crippen LogP contribution < -0.4 is 10.6 Å². The number of amides is 4. The first-order valence-corrected chi connectivity index (χ1v) is 6.15. The third-order valence-electron chi connectivity index (χ3n) is 3.27. The van der Waals surface area contributed by atoms with E-state index in [4.69, 9.17) is 0 Å². The van der Waals surface area contributed by atoms with Crippen LogP contribution in [-0.2, 0) is 19.2 Å². The van der Waals surface area contributed by atoms with Crippen LogP contribution in [0.15, 0.2) is 0 Å². The van der Waals surface area contributed by atoms with Crippen LogP contribution in [0.1, 0.15) is 6.92 Å². The van der Waals surface area contributed by atoms with Gasteiger partial charge < -0.3 is 15.1 Å². The first-order chi connectivity index (χ1) is 9.00. The molecule has 0 bridgehead atoms. The van der Waals surface area contributed by atoms with Crippen molar-refractivity contribution in [3.8, 4) is 0 Å². The lowest BCUT2D eigenvalue weighted by Gasteiger charge is -2.33. The van der Waals surface area contributed by atoms with Crippen molar-refractivity contribution in [3.05, 3.63) is 0 Å². The summed E-state index contributed by atoms with van der Waals surface area (Å²) in [7, 11) is 0. The molecule has 1 atom stereocenters. The molecule has 4 amide bonds. The van der Waals surface area contributed by atoms with Crippen molar-refractivity contribution in [1.29, 1.82) is 0 Å². The van der Waals surface area contributed by atoms with Gasteiger partial charge in [-0.25, -0.2) is 0 Å². The van der Waals surface area contributed by atoms with Crippen LogP contribution in [0.4, 0.5) is 0 Å². The fourth-order valence-corrected chi connectivity index (χ4v) is 2.09. The van der Waals surface area contributed by atoms with Gasteiger partial charge in [-0.05, 0) is 6.92 Å². The van der Waals surface area contributed by atoms with Crippen molar-refractivity contribution in [2.75, 3.05) is 32.7 Å². The first-order valence-electron chi connectivity index (χ1n) is 6.15. The lowest BCUT2D eigenvalue weighted by molar-refractivity contribution is -0.158. The van der Waals surface area contributed by atoms with Gasteiger partial charge >= 0.3 is 11.8 Å². The second-order valence-corrected chi connectivity index (χ2v) is 4.56. The number of nitrogens with one attached hydrogen (secondary N) is 2. The number of hydrogen-bond donors (Lipinski definition) is 2. The van der Waals surface area contributed by atoms with E-state index in [1.165, 1.54) is 11.8 Å². The maximum absolute atomic E-state index is 12.1. The predicted octanol–water partition coefficient (Wildman–Crippen LogP) is -2.71. The molecule has 0 aromatic heterocycles. The minimum absolute atomic E-state index is 0.260. The molecule has 2 aliphatic rings. The van der Waals surface area contributed by atoms with Gasteiger partial charge in [0.2, 0.25) is 11.8 Å². The van der Waals surface area contributed by atoms with Crippen LogP contribution >= 0.6 is 0 Å². The minimum Gasteiger partial charge on any atom is -0.332 e. The minimum atomic E-state index is -0.808. The van der Waals surface area contributed by atoms with Gasteiger partial charge in [-0.2, -0.15) is 0 Å². The number of piperazine rings is 2. The molecular formula is C11H16N4O4. The topological polar surface area (TPSA) is 98.8 Å². The maximum Gasteiger partial charge on any atom is 0.313 e. The van der Waals surface area contributed by atoms with Gasteiger partial charge in [0.1, 0.15) is 12.6 Å². The molecule has 0 aromatic carbocycles. The average molecular weight is 268 g/mol. The van der Waals surface area contributed by atoms with E-state index in [9.17, 15) is 19.2 Å². The average Bonchev–Trinajstić information content (AvgIpc) is 2.42. The van der Waals surface area contributed by atoms with E-state index in [1.807, 2.05) is 0 Å². The summed E-state index contributed by atoms with van der Waals surface area (Å²) in [6, 6.07) is -0.808. The van der Waals surface area contributed by atoms with Crippen molar-refractivity contribution in [1.82, 2.24) is 20.4 Å². The molecule has 2 saturated heterocycles. The Morgan fingerprint density at radius 1 is 1.16 bits per heavy atom. The monoisotopic (exact) mass is 268 g/mol. The summed E-state index contributed by atoms with van der Waals surface area (Å²) in [5, 5.41) is 5.20. The van der Waals surface area contributed by atoms with Gasteiger partial charge in [0, 0.05) is 26.2 Å². The number of imide groups is 1. The van der Waals surface area contributed by atoms with Crippen LogP contribution in [0.2, 0.25) is 0 Å². The summed E-state index contributed by atoms with van der Waals surface area (Å²) in [5.41, 5.74) is 0. The molecule has 2 rings (SSSR count). The second kappa shape index (κ2) is 5.35. The Morgan fingerprint density at radius 3 is 2.42 bits per heavy atom. The number of carbonyl (C=O) groups excluding carboxylic acids is 4. The molecule has 8 heteroatoms. The molecule has 2 N–H and O–H groups in total. The Morgan fingerprint density at radius 2 is 1.79 bits per heavy atom. The molecule has 0 spiro atoms. The van der Waals surface area contributed by atoms with E-state index >= 15 is 0 Å². The molecule has 8 nitrogen and oxygen atoms in total. The molecule has 2 heterocycles. The quantitative estimate of drug-likeness (QED) is 0.368. The van der Waals surface area contributed by atoms with Crippen molar-refractivity contribution in [2.24, 2.45) is 0 Å². The molecular weight excluding hydrogens is 252 g/mol. The summed E-state index contributed by atoms with van der Waals surface area (Å²) in [6.45, 7) is 3.40. The van der Waals surface area contributed by atoms with Gasteiger partial charge in [-0.15, -0.1) is 0 Å². The van der Waals surface area contributed by atoms with Crippen molar-refractivity contribution < 1.29 is 19.2 Å².